The highest BCUT2D eigenvalue weighted by molar-refractivity contribution is 7.98. The monoisotopic (exact) mass is 1310 g/mol. The average molecular weight is 1310 g/mol. The number of carbonyl (C=O) groups is 12. The second kappa shape index (κ2) is 39.3. The molecule has 506 valence electrons. The van der Waals surface area contributed by atoms with Gasteiger partial charge < -0.3 is 102 Å². The molecule has 33 nitrogen and oxygen atoms in total. The van der Waals surface area contributed by atoms with E-state index in [2.05, 4.69) is 88.7 Å². The summed E-state index contributed by atoms with van der Waals surface area (Å²) in [6.45, 7) is 8.88. The number of hydrogen-bond donors (Lipinski definition) is 19. The van der Waals surface area contributed by atoms with Crippen molar-refractivity contribution >= 4 is 93.6 Å². The van der Waals surface area contributed by atoms with Crippen molar-refractivity contribution in [3.05, 3.63) is 72.5 Å². The number of benzene rings is 1. The third-order valence-electron chi connectivity index (χ3n) is 14.3. The zero-order chi connectivity index (χ0) is 67.9. The Balaban J connectivity index is 1.49. The molecule has 0 radical (unpaired) electrons. The number of aromatic amines is 3. The Morgan fingerprint density at radius 1 is 0.554 bits per heavy atom. The van der Waals surface area contributed by atoms with Crippen LogP contribution in [0.2, 0.25) is 0 Å². The van der Waals surface area contributed by atoms with Gasteiger partial charge in [-0.1, -0.05) is 45.9 Å². The molecule has 0 aliphatic rings. The molecule has 1 aromatic carbocycles. The van der Waals surface area contributed by atoms with Crippen LogP contribution in [0.25, 0.3) is 10.9 Å². The highest BCUT2D eigenvalue weighted by atomic mass is 32.2. The van der Waals surface area contributed by atoms with E-state index in [9.17, 15) is 57.5 Å². The Labute approximate surface area is 536 Å². The van der Waals surface area contributed by atoms with E-state index in [1.807, 2.05) is 20.1 Å². The molecule has 0 saturated carbocycles. The van der Waals surface area contributed by atoms with Crippen molar-refractivity contribution in [2.24, 2.45) is 40.7 Å². The second-order valence-electron chi connectivity index (χ2n) is 22.7. The number of nitrogens with two attached hydrogens (primary N) is 4. The maximum absolute atomic E-state index is 14.6. The predicted octanol–water partition coefficient (Wildman–Crippen LogP) is -5.70. The lowest BCUT2D eigenvalue weighted by atomic mass is 10.0. The van der Waals surface area contributed by atoms with Crippen LogP contribution in [0.15, 0.2) is 55.5 Å². The van der Waals surface area contributed by atoms with E-state index in [0.717, 1.165) is 0 Å². The molecule has 3 heterocycles. The van der Waals surface area contributed by atoms with Gasteiger partial charge in [0, 0.05) is 99.4 Å². The number of nitrogens with one attached hydrogen (secondary N) is 15. The van der Waals surface area contributed by atoms with E-state index >= 15 is 0 Å². The molecule has 34 heteroatoms. The molecule has 4 rings (SSSR count). The molecule has 0 unspecified atom stereocenters. The maximum atomic E-state index is 14.6. The minimum Gasteiger partial charge on any atom is -0.370 e. The van der Waals surface area contributed by atoms with E-state index in [1.54, 1.807) is 44.3 Å². The highest BCUT2D eigenvalue weighted by Gasteiger charge is 2.35. The number of para-hydroxylation sites is 1. The van der Waals surface area contributed by atoms with Crippen molar-refractivity contribution < 1.29 is 57.5 Å². The maximum Gasteiger partial charge on any atom is 0.243 e. The molecule has 0 fully saturated rings. The Kier molecular flexibility index (Phi) is 32.2. The van der Waals surface area contributed by atoms with Gasteiger partial charge in [-0.2, -0.15) is 11.8 Å². The van der Waals surface area contributed by atoms with Crippen molar-refractivity contribution in [2.75, 3.05) is 64.4 Å². The van der Waals surface area contributed by atoms with Crippen molar-refractivity contribution in [1.82, 2.24) is 88.7 Å². The largest absolute Gasteiger partial charge is 0.370 e. The van der Waals surface area contributed by atoms with Crippen LogP contribution in [0.4, 0.5) is 0 Å². The Bertz CT molecular complexity index is 3060. The molecule has 23 N–H and O–H groups in total. The topological polar surface area (TPSA) is 526 Å². The first-order valence-electron chi connectivity index (χ1n) is 30.2. The van der Waals surface area contributed by atoms with Gasteiger partial charge in [0.05, 0.1) is 38.1 Å². The normalized spacial score (nSPS) is 13.9. The molecule has 0 aliphatic carbocycles. The van der Waals surface area contributed by atoms with Gasteiger partial charge in [-0.25, -0.2) is 9.97 Å². The SMILES string of the molecule is CSCC[C@H](NC(=O)[C@H](CC(C)C)NC(=O)[C@H](Cc1cnc[nH]1)NC(=O)CNC(=O)[C@@H](NC(=O)[C@H](C)NC(=O)[C@H](Cc1c[nH]c2ccccc12)NC(=O)[C@H](Cc1cnc[nH]1)NC(=O)[C@H](CC(N)=O)NC(=O)CNC(=O)C(CNCCN)CNCCN)C(C)C)C(N)=O. The van der Waals surface area contributed by atoms with Gasteiger partial charge in [-0.3, -0.25) is 57.5 Å². The fourth-order valence-electron chi connectivity index (χ4n) is 9.39. The Morgan fingerprint density at radius 2 is 1.05 bits per heavy atom. The molecule has 8 atom stereocenters. The third-order valence-corrected chi connectivity index (χ3v) is 14.9. The summed E-state index contributed by atoms with van der Waals surface area (Å²) >= 11 is 1.46. The third kappa shape index (κ3) is 26.1. The van der Waals surface area contributed by atoms with E-state index in [-0.39, 0.29) is 51.1 Å². The zero-order valence-electron chi connectivity index (χ0n) is 52.7. The van der Waals surface area contributed by atoms with Gasteiger partial charge in [-0.05, 0) is 55.2 Å². The smallest absolute Gasteiger partial charge is 0.243 e. The minimum absolute atomic E-state index is 0.0988. The first-order chi connectivity index (χ1) is 43.8. The van der Waals surface area contributed by atoms with E-state index in [1.165, 1.54) is 43.7 Å². The zero-order valence-corrected chi connectivity index (χ0v) is 53.5. The number of amides is 12. The number of H-pyrrole nitrogens is 3. The summed E-state index contributed by atoms with van der Waals surface area (Å²) in [4.78, 5) is 180. The molecule has 3 aromatic heterocycles. The van der Waals surface area contributed by atoms with Crippen molar-refractivity contribution in [3.63, 3.8) is 0 Å². The molecule has 0 spiro atoms. The molecule has 12 amide bonds. The number of fused-ring (bicyclic) bond motifs is 1. The molecule has 92 heavy (non-hydrogen) atoms. The molecular weight excluding hydrogens is 1210 g/mol. The summed E-state index contributed by atoms with van der Waals surface area (Å²) in [6.07, 6.45) is 8.14. The second-order valence-corrected chi connectivity index (χ2v) is 23.7. The first-order valence-corrected chi connectivity index (χ1v) is 31.6. The van der Waals surface area contributed by atoms with Crippen LogP contribution in [0.1, 0.15) is 70.8 Å². The fraction of sp³-hybridized carbons (Fsp3) is 0.552. The summed E-state index contributed by atoms with van der Waals surface area (Å²) in [5.41, 5.74) is 24.3. The van der Waals surface area contributed by atoms with Crippen LogP contribution < -0.4 is 86.7 Å². The quantitative estimate of drug-likeness (QED) is 0.0184. The number of hydrogen-bond acceptors (Lipinski definition) is 19. The van der Waals surface area contributed by atoms with Gasteiger partial charge in [0.15, 0.2) is 0 Å². The fourth-order valence-corrected chi connectivity index (χ4v) is 9.86. The number of thioether (sulfide) groups is 1. The summed E-state index contributed by atoms with van der Waals surface area (Å²) in [6, 6.07) is -3.60. The summed E-state index contributed by atoms with van der Waals surface area (Å²) in [5.74, 6) is -10.7. The summed E-state index contributed by atoms with van der Waals surface area (Å²) in [5, 5.41) is 32.6. The molecule has 0 aliphatic heterocycles. The van der Waals surface area contributed by atoms with Gasteiger partial charge in [-0.15, -0.1) is 0 Å². The van der Waals surface area contributed by atoms with Crippen molar-refractivity contribution in [1.29, 1.82) is 0 Å². The molecular formula is C58H91N21O12S. The van der Waals surface area contributed by atoms with Crippen LogP contribution in [0, 0.1) is 17.8 Å². The van der Waals surface area contributed by atoms with E-state index in [4.69, 9.17) is 22.9 Å². The summed E-state index contributed by atoms with van der Waals surface area (Å²) < 4.78 is 0. The Hall–Kier alpha value is -8.99. The van der Waals surface area contributed by atoms with Crippen LogP contribution >= 0.6 is 11.8 Å². The van der Waals surface area contributed by atoms with E-state index < -0.39 is 151 Å². The number of primary amides is 2. The van der Waals surface area contributed by atoms with Gasteiger partial charge in [0.2, 0.25) is 70.9 Å². The minimum atomic E-state index is -1.65. The lowest BCUT2D eigenvalue weighted by Gasteiger charge is -2.27. The Morgan fingerprint density at radius 3 is 1.58 bits per heavy atom. The number of rotatable bonds is 43. The lowest BCUT2D eigenvalue weighted by Crippen LogP contribution is -2.60. The number of imidazole rings is 2. The lowest BCUT2D eigenvalue weighted by molar-refractivity contribution is -0.136. The number of aromatic nitrogens is 5. The highest BCUT2D eigenvalue weighted by Crippen LogP contribution is 2.20. The van der Waals surface area contributed by atoms with Crippen LogP contribution in [-0.4, -0.2) is 209 Å². The molecule has 0 bridgehead atoms. The van der Waals surface area contributed by atoms with Crippen molar-refractivity contribution in [2.45, 2.75) is 121 Å². The number of nitrogens with zero attached hydrogens (tertiary/aromatic N) is 2. The molecule has 4 aromatic rings. The average Bonchev–Trinajstić information content (AvgIpc) is 1.64. The van der Waals surface area contributed by atoms with Gasteiger partial charge in [0.25, 0.3) is 0 Å². The molecule has 0 saturated heterocycles. The van der Waals surface area contributed by atoms with Crippen LogP contribution in [0.5, 0.6) is 0 Å². The van der Waals surface area contributed by atoms with Crippen molar-refractivity contribution in [3.8, 4) is 0 Å². The standard InChI is InChI=1S/C58H91N21O12S/c1-31(2)17-41(54(87)75-40(50(62)83)11-16-92-6)76-55(88)43(19-36-25-65-29-70-36)73-48(82)28-69-58(91)49(32(3)4)79-51(84)33(5)72-53(86)42(18-34-24-67-39-10-8-7-9-38(34)39)77-56(89)44(20-37-26-66-30-71-37)78-57(90)45(21-46(61)80)74-47(81)27-68-52(85)35(22-63-14-12-59)23-64-15-13-60/h7-10,24-26,29-33,35,40-45,49,63-64,67H,11-23,27-28,59-60H2,1-6H3,(H2,61,80)(H2,62,83)(H,65,70)(H,66,71)(H,68,85)(H,69,91)(H,72,86)(H,73,82)(H,74,81)(H,75,87)(H,76,88)(H,77,89)(H,78,90)(H,79,84)/t33-,40-,41-,42-,43-,44-,45-,49-/m0/s1. The predicted molar refractivity (Wildman–Crippen MR) is 341 cm³/mol. The first kappa shape index (κ1) is 75.5. The number of carbonyl (C=O) groups excluding carboxylic acids is 12. The van der Waals surface area contributed by atoms with Gasteiger partial charge >= 0.3 is 0 Å². The summed E-state index contributed by atoms with van der Waals surface area (Å²) in [7, 11) is 0. The van der Waals surface area contributed by atoms with E-state index in [0.29, 0.717) is 59.8 Å². The van der Waals surface area contributed by atoms with Crippen LogP contribution in [0.3, 0.4) is 0 Å². The van der Waals surface area contributed by atoms with Crippen LogP contribution in [-0.2, 0) is 76.8 Å². The van der Waals surface area contributed by atoms with Gasteiger partial charge in [0.1, 0.15) is 48.3 Å².